The molecule has 6 heteroatoms. The third-order valence-electron chi connectivity index (χ3n) is 5.36. The van der Waals surface area contributed by atoms with Gasteiger partial charge in [0.25, 0.3) is 0 Å². The average Bonchev–Trinajstić information content (AvgIpc) is 2.64. The van der Waals surface area contributed by atoms with Crippen LogP contribution in [0.1, 0.15) is 56.9 Å². The highest BCUT2D eigenvalue weighted by Crippen LogP contribution is 2.40. The van der Waals surface area contributed by atoms with E-state index < -0.39 is 12.0 Å². The maximum absolute atomic E-state index is 13.5. The molecule has 1 aromatic carbocycles. The van der Waals surface area contributed by atoms with Crippen molar-refractivity contribution in [3.63, 3.8) is 0 Å². The fourth-order valence-corrected chi connectivity index (χ4v) is 3.82. The lowest BCUT2D eigenvalue weighted by atomic mass is 9.83. The first kappa shape index (κ1) is 21.7. The van der Waals surface area contributed by atoms with Crippen molar-refractivity contribution >= 4 is 17.0 Å². The van der Waals surface area contributed by atoms with Crippen LogP contribution in [0.25, 0.3) is 17.0 Å². The van der Waals surface area contributed by atoms with Crippen LogP contribution in [-0.2, 0) is 11.2 Å². The second kappa shape index (κ2) is 8.40. The zero-order valence-electron chi connectivity index (χ0n) is 17.9. The standard InChI is InChI=1S/C24H28O6/c1-12(2)6-8-14-16(25)10-19-21(22(14)27)23(28)20-15(9-7-13(3)4)24(29-5)17(26)11-18(20)30-19/h6-7,10-11,15,24-27H,8-9H2,1-5H3. The lowest BCUT2D eigenvalue weighted by Crippen LogP contribution is -2.31. The molecule has 0 bridgehead atoms. The van der Waals surface area contributed by atoms with Gasteiger partial charge in [-0.2, -0.15) is 0 Å². The number of aromatic hydroxyl groups is 2. The van der Waals surface area contributed by atoms with E-state index in [9.17, 15) is 20.1 Å². The molecular formula is C24H28O6. The van der Waals surface area contributed by atoms with E-state index in [1.54, 1.807) is 0 Å². The van der Waals surface area contributed by atoms with Crippen molar-refractivity contribution in [3.05, 3.63) is 62.2 Å². The number of rotatable bonds is 5. The fraction of sp³-hybridized carbons (Fsp3) is 0.375. The summed E-state index contributed by atoms with van der Waals surface area (Å²) in [5, 5.41) is 31.7. The minimum absolute atomic E-state index is 0.0237. The van der Waals surface area contributed by atoms with Gasteiger partial charge in [0.15, 0.2) is 0 Å². The Morgan fingerprint density at radius 2 is 1.80 bits per heavy atom. The van der Waals surface area contributed by atoms with E-state index in [-0.39, 0.29) is 51.4 Å². The van der Waals surface area contributed by atoms with E-state index in [0.717, 1.165) is 11.1 Å². The van der Waals surface area contributed by atoms with Crippen molar-refractivity contribution < 1.29 is 24.5 Å². The lowest BCUT2D eigenvalue weighted by Gasteiger charge is -2.29. The van der Waals surface area contributed by atoms with Crippen molar-refractivity contribution in [2.45, 2.75) is 52.6 Å². The van der Waals surface area contributed by atoms with Crippen LogP contribution in [-0.4, -0.2) is 28.5 Å². The average molecular weight is 412 g/mol. The van der Waals surface area contributed by atoms with Gasteiger partial charge in [0, 0.05) is 36.3 Å². The summed E-state index contributed by atoms with van der Waals surface area (Å²) >= 11 is 0. The number of methoxy groups -OCH3 is 1. The van der Waals surface area contributed by atoms with Gasteiger partial charge in [-0.3, -0.25) is 4.79 Å². The zero-order chi connectivity index (χ0) is 22.2. The van der Waals surface area contributed by atoms with Crippen molar-refractivity contribution in [2.75, 3.05) is 7.11 Å². The number of allylic oxidation sites excluding steroid dienone is 4. The number of phenolic OH excluding ortho intramolecular Hbond substituents is 2. The minimum Gasteiger partial charge on any atom is -0.509 e. The number of phenols is 2. The first-order valence-electron chi connectivity index (χ1n) is 9.90. The van der Waals surface area contributed by atoms with Gasteiger partial charge in [-0.1, -0.05) is 23.3 Å². The highest BCUT2D eigenvalue weighted by atomic mass is 16.5. The maximum atomic E-state index is 13.5. The first-order chi connectivity index (χ1) is 14.1. The van der Waals surface area contributed by atoms with E-state index in [4.69, 9.17) is 9.15 Å². The van der Waals surface area contributed by atoms with Crippen LogP contribution in [0.15, 0.2) is 44.3 Å². The Balaban J connectivity index is 2.31. The molecule has 3 rings (SSSR count). The molecule has 0 saturated carbocycles. The highest BCUT2D eigenvalue weighted by molar-refractivity contribution is 5.88. The molecule has 0 spiro atoms. The maximum Gasteiger partial charge on any atom is 0.200 e. The molecule has 2 aromatic rings. The topological polar surface area (TPSA) is 100 Å². The molecule has 1 aromatic heterocycles. The number of aliphatic hydroxyl groups is 1. The fourth-order valence-electron chi connectivity index (χ4n) is 3.82. The molecule has 30 heavy (non-hydrogen) atoms. The van der Waals surface area contributed by atoms with Gasteiger partial charge >= 0.3 is 0 Å². The minimum atomic E-state index is -0.696. The van der Waals surface area contributed by atoms with Crippen LogP contribution in [0.4, 0.5) is 0 Å². The van der Waals surface area contributed by atoms with Gasteiger partial charge < -0.3 is 24.5 Å². The molecule has 0 fully saturated rings. The van der Waals surface area contributed by atoms with Gasteiger partial charge in [0.2, 0.25) is 5.43 Å². The van der Waals surface area contributed by atoms with E-state index in [1.165, 1.54) is 19.3 Å². The number of benzene rings is 1. The van der Waals surface area contributed by atoms with Gasteiger partial charge in [-0.15, -0.1) is 0 Å². The molecule has 6 nitrogen and oxygen atoms in total. The third-order valence-corrected chi connectivity index (χ3v) is 5.36. The van der Waals surface area contributed by atoms with E-state index in [2.05, 4.69) is 0 Å². The zero-order valence-corrected chi connectivity index (χ0v) is 17.9. The second-order valence-electron chi connectivity index (χ2n) is 8.14. The summed E-state index contributed by atoms with van der Waals surface area (Å²) in [6.45, 7) is 7.73. The summed E-state index contributed by atoms with van der Waals surface area (Å²) in [5.74, 6) is -0.734. The van der Waals surface area contributed by atoms with E-state index in [1.807, 2.05) is 39.8 Å². The summed E-state index contributed by atoms with van der Waals surface area (Å²) in [5.41, 5.74) is 2.39. The van der Waals surface area contributed by atoms with Crippen LogP contribution in [0.2, 0.25) is 0 Å². The van der Waals surface area contributed by atoms with Crippen LogP contribution in [0, 0.1) is 0 Å². The molecule has 0 radical (unpaired) electrons. The number of hydrogen-bond acceptors (Lipinski definition) is 6. The molecule has 1 heterocycles. The lowest BCUT2D eigenvalue weighted by molar-refractivity contribution is 0.0707. The molecule has 1 aliphatic carbocycles. The SMILES string of the molecule is COC1C(O)=Cc2oc3cc(O)c(CC=C(C)C)c(O)c3c(=O)c2C1CC=C(C)C. The Hall–Kier alpha value is -2.99. The first-order valence-corrected chi connectivity index (χ1v) is 9.90. The van der Waals surface area contributed by atoms with Gasteiger partial charge in [-0.05, 0) is 40.5 Å². The van der Waals surface area contributed by atoms with Gasteiger partial charge in [0.1, 0.15) is 40.1 Å². The summed E-state index contributed by atoms with van der Waals surface area (Å²) in [6, 6.07) is 1.34. The van der Waals surface area contributed by atoms with Crippen molar-refractivity contribution in [1.82, 2.24) is 0 Å². The predicted octanol–water partition coefficient (Wildman–Crippen LogP) is 5.08. The monoisotopic (exact) mass is 412 g/mol. The Morgan fingerprint density at radius 3 is 2.40 bits per heavy atom. The number of ether oxygens (including phenoxy) is 1. The summed E-state index contributed by atoms with van der Waals surface area (Å²) in [4.78, 5) is 13.5. The molecule has 2 unspecified atom stereocenters. The Bertz CT molecular complexity index is 1120. The van der Waals surface area contributed by atoms with Crippen LogP contribution >= 0.6 is 0 Å². The van der Waals surface area contributed by atoms with E-state index in [0.29, 0.717) is 12.0 Å². The molecule has 3 N–H and O–H groups in total. The van der Waals surface area contributed by atoms with Crippen molar-refractivity contribution in [3.8, 4) is 11.5 Å². The van der Waals surface area contributed by atoms with Gasteiger partial charge in [0.05, 0.1) is 0 Å². The van der Waals surface area contributed by atoms with Crippen LogP contribution in [0.3, 0.4) is 0 Å². The van der Waals surface area contributed by atoms with Crippen LogP contribution < -0.4 is 5.43 Å². The Morgan fingerprint density at radius 1 is 1.13 bits per heavy atom. The second-order valence-corrected chi connectivity index (χ2v) is 8.14. The van der Waals surface area contributed by atoms with Gasteiger partial charge in [-0.25, -0.2) is 0 Å². The quantitative estimate of drug-likeness (QED) is 0.592. The van der Waals surface area contributed by atoms with E-state index >= 15 is 0 Å². The Kier molecular flexibility index (Phi) is 6.08. The summed E-state index contributed by atoms with van der Waals surface area (Å²) in [6.07, 6.45) is 5.26. The smallest absolute Gasteiger partial charge is 0.200 e. The predicted molar refractivity (Wildman–Crippen MR) is 117 cm³/mol. The van der Waals surface area contributed by atoms with Crippen molar-refractivity contribution in [1.29, 1.82) is 0 Å². The number of aliphatic hydroxyl groups excluding tert-OH is 1. The number of hydrogen-bond donors (Lipinski definition) is 3. The normalized spacial score (nSPS) is 18.0. The third kappa shape index (κ3) is 3.87. The highest BCUT2D eigenvalue weighted by Gasteiger charge is 2.36. The molecule has 160 valence electrons. The molecule has 1 aliphatic rings. The summed E-state index contributed by atoms with van der Waals surface area (Å²) < 4.78 is 11.3. The Labute approximate surface area is 175 Å². The van der Waals surface area contributed by atoms with Crippen LogP contribution in [0.5, 0.6) is 11.5 Å². The molecule has 2 atom stereocenters. The number of fused-ring (bicyclic) bond motifs is 2. The molecule has 0 saturated heterocycles. The largest absolute Gasteiger partial charge is 0.509 e. The molecular weight excluding hydrogens is 384 g/mol. The molecule has 0 aliphatic heterocycles. The summed E-state index contributed by atoms with van der Waals surface area (Å²) in [7, 11) is 1.48. The molecule has 0 amide bonds. The van der Waals surface area contributed by atoms with Crippen molar-refractivity contribution in [2.24, 2.45) is 0 Å².